The molecule has 35 heavy (non-hydrogen) atoms. The van der Waals surface area contributed by atoms with Crippen LogP contribution in [0.3, 0.4) is 0 Å². The summed E-state index contributed by atoms with van der Waals surface area (Å²) in [5.74, 6) is -0.739. The lowest BCUT2D eigenvalue weighted by atomic mass is 10.1. The summed E-state index contributed by atoms with van der Waals surface area (Å²) in [6, 6.07) is 14.7. The van der Waals surface area contributed by atoms with Crippen LogP contribution in [0.5, 0.6) is 11.5 Å². The van der Waals surface area contributed by atoms with Gasteiger partial charge < -0.3 is 25.4 Å². The van der Waals surface area contributed by atoms with E-state index >= 15 is 0 Å². The summed E-state index contributed by atoms with van der Waals surface area (Å²) in [5, 5.41) is 7.43. The van der Waals surface area contributed by atoms with Crippen molar-refractivity contribution in [3.05, 3.63) is 83.4 Å². The maximum atomic E-state index is 12.9. The van der Waals surface area contributed by atoms with Gasteiger partial charge in [-0.2, -0.15) is 13.2 Å². The number of halogens is 3. The molecule has 0 aliphatic carbocycles. The molecule has 0 aromatic heterocycles. The van der Waals surface area contributed by atoms with Crippen LogP contribution in [0.2, 0.25) is 0 Å². The van der Waals surface area contributed by atoms with Gasteiger partial charge in [0.15, 0.2) is 11.5 Å². The van der Waals surface area contributed by atoms with E-state index in [1.54, 1.807) is 6.07 Å². The SMILES string of the molecule is O=C(CNC(=O)c1ccc2c(c1)OCO2)Nc1cccc(C(=O)Nc2cccc(C(F)(F)F)c2)c1. The number of anilines is 2. The third-order valence-corrected chi connectivity index (χ3v) is 4.90. The van der Waals surface area contributed by atoms with Crippen molar-refractivity contribution in [1.82, 2.24) is 5.32 Å². The molecular formula is C24H18F3N3O5. The number of fused-ring (bicyclic) bond motifs is 1. The Morgan fingerprint density at radius 3 is 2.23 bits per heavy atom. The fraction of sp³-hybridized carbons (Fsp3) is 0.125. The van der Waals surface area contributed by atoms with Crippen LogP contribution in [-0.4, -0.2) is 31.1 Å². The van der Waals surface area contributed by atoms with Crippen LogP contribution in [0, 0.1) is 0 Å². The Bertz CT molecular complexity index is 1290. The van der Waals surface area contributed by atoms with Crippen LogP contribution in [0.4, 0.5) is 24.5 Å². The summed E-state index contributed by atoms with van der Waals surface area (Å²) >= 11 is 0. The highest BCUT2D eigenvalue weighted by Gasteiger charge is 2.30. The summed E-state index contributed by atoms with van der Waals surface area (Å²) in [6.07, 6.45) is -4.54. The third-order valence-electron chi connectivity index (χ3n) is 4.90. The van der Waals surface area contributed by atoms with Crippen LogP contribution >= 0.6 is 0 Å². The lowest BCUT2D eigenvalue weighted by Crippen LogP contribution is -2.32. The lowest BCUT2D eigenvalue weighted by Gasteiger charge is -2.11. The van der Waals surface area contributed by atoms with E-state index < -0.39 is 29.5 Å². The van der Waals surface area contributed by atoms with Gasteiger partial charge in [-0.1, -0.05) is 12.1 Å². The van der Waals surface area contributed by atoms with E-state index in [2.05, 4.69) is 16.0 Å². The number of carbonyl (C=O) groups is 3. The first-order chi connectivity index (χ1) is 16.7. The third kappa shape index (κ3) is 5.88. The fourth-order valence-electron chi connectivity index (χ4n) is 3.22. The van der Waals surface area contributed by atoms with Crippen LogP contribution in [0.25, 0.3) is 0 Å². The highest BCUT2D eigenvalue weighted by atomic mass is 19.4. The zero-order valence-electron chi connectivity index (χ0n) is 17.9. The molecule has 0 unspecified atom stereocenters. The minimum absolute atomic E-state index is 0.0227. The minimum atomic E-state index is -4.54. The number of ether oxygens (including phenoxy) is 2. The molecule has 0 atom stereocenters. The topological polar surface area (TPSA) is 106 Å². The Kier molecular flexibility index (Phi) is 6.58. The van der Waals surface area contributed by atoms with Crippen molar-refractivity contribution in [2.45, 2.75) is 6.18 Å². The Morgan fingerprint density at radius 2 is 1.46 bits per heavy atom. The highest BCUT2D eigenvalue weighted by Crippen LogP contribution is 2.32. The van der Waals surface area contributed by atoms with Crippen molar-refractivity contribution in [3.8, 4) is 11.5 Å². The van der Waals surface area contributed by atoms with Gasteiger partial charge in [-0.15, -0.1) is 0 Å². The molecule has 0 saturated heterocycles. The molecule has 0 spiro atoms. The second-order valence-electron chi connectivity index (χ2n) is 7.41. The zero-order valence-corrected chi connectivity index (χ0v) is 17.9. The quantitative estimate of drug-likeness (QED) is 0.489. The summed E-state index contributed by atoms with van der Waals surface area (Å²) in [5.41, 5.74) is -0.242. The van der Waals surface area contributed by atoms with Crippen molar-refractivity contribution in [1.29, 1.82) is 0 Å². The van der Waals surface area contributed by atoms with Crippen LogP contribution in [0.1, 0.15) is 26.3 Å². The molecule has 1 aliphatic heterocycles. The Hall–Kier alpha value is -4.54. The first-order valence-electron chi connectivity index (χ1n) is 10.3. The fourth-order valence-corrected chi connectivity index (χ4v) is 3.22. The predicted octanol–water partition coefficient (Wildman–Crippen LogP) is 4.05. The molecule has 11 heteroatoms. The lowest BCUT2D eigenvalue weighted by molar-refractivity contribution is -0.137. The largest absolute Gasteiger partial charge is 0.454 e. The maximum absolute atomic E-state index is 12.9. The Balaban J connectivity index is 1.33. The highest BCUT2D eigenvalue weighted by molar-refractivity contribution is 6.05. The zero-order chi connectivity index (χ0) is 25.0. The molecule has 3 aromatic rings. The van der Waals surface area contributed by atoms with E-state index in [0.29, 0.717) is 11.5 Å². The number of hydrogen-bond acceptors (Lipinski definition) is 5. The van der Waals surface area contributed by atoms with Crippen molar-refractivity contribution in [2.75, 3.05) is 24.0 Å². The predicted molar refractivity (Wildman–Crippen MR) is 119 cm³/mol. The summed E-state index contributed by atoms with van der Waals surface area (Å²) < 4.78 is 49.0. The average molecular weight is 485 g/mol. The maximum Gasteiger partial charge on any atom is 0.416 e. The first-order valence-corrected chi connectivity index (χ1v) is 10.3. The van der Waals surface area contributed by atoms with Gasteiger partial charge in [-0.05, 0) is 54.6 Å². The molecular weight excluding hydrogens is 467 g/mol. The van der Waals surface area contributed by atoms with Crippen molar-refractivity contribution >= 4 is 29.1 Å². The molecule has 8 nitrogen and oxygen atoms in total. The number of benzene rings is 3. The van der Waals surface area contributed by atoms with Gasteiger partial charge >= 0.3 is 6.18 Å². The number of hydrogen-bond donors (Lipinski definition) is 3. The monoisotopic (exact) mass is 485 g/mol. The van der Waals surface area contributed by atoms with E-state index in [0.717, 1.165) is 12.1 Å². The van der Waals surface area contributed by atoms with Gasteiger partial charge in [0.1, 0.15) is 0 Å². The number of amides is 3. The molecule has 1 heterocycles. The first kappa shape index (κ1) is 23.6. The minimum Gasteiger partial charge on any atom is -0.454 e. The van der Waals surface area contributed by atoms with Crippen LogP contribution in [-0.2, 0) is 11.0 Å². The average Bonchev–Trinajstić information content (AvgIpc) is 3.30. The smallest absolute Gasteiger partial charge is 0.416 e. The molecule has 4 rings (SSSR count). The van der Waals surface area contributed by atoms with Gasteiger partial charge in [0, 0.05) is 22.5 Å². The Morgan fingerprint density at radius 1 is 0.771 bits per heavy atom. The summed E-state index contributed by atoms with van der Waals surface area (Å²) in [6.45, 7) is -0.270. The Labute approximate surface area is 197 Å². The molecule has 0 saturated carbocycles. The number of carbonyl (C=O) groups excluding carboxylic acids is 3. The number of nitrogens with one attached hydrogen (secondary N) is 3. The normalized spacial score (nSPS) is 12.1. The summed E-state index contributed by atoms with van der Waals surface area (Å²) in [4.78, 5) is 37.0. The summed E-state index contributed by atoms with van der Waals surface area (Å²) in [7, 11) is 0. The number of alkyl halides is 3. The van der Waals surface area contributed by atoms with E-state index in [1.165, 1.54) is 48.5 Å². The van der Waals surface area contributed by atoms with E-state index in [4.69, 9.17) is 9.47 Å². The van der Waals surface area contributed by atoms with E-state index in [1.807, 2.05) is 0 Å². The molecule has 1 aliphatic rings. The second-order valence-corrected chi connectivity index (χ2v) is 7.41. The second kappa shape index (κ2) is 9.75. The van der Waals surface area contributed by atoms with Gasteiger partial charge in [0.2, 0.25) is 12.7 Å². The molecule has 3 amide bonds. The van der Waals surface area contributed by atoms with Crippen LogP contribution in [0.15, 0.2) is 66.7 Å². The molecule has 3 aromatic carbocycles. The molecule has 0 fully saturated rings. The standard InChI is InChI=1S/C24H18F3N3O5/c25-24(26,27)16-4-2-6-18(11-16)30-23(33)14-3-1-5-17(9-14)29-21(31)12-28-22(32)15-7-8-19-20(10-15)35-13-34-19/h1-11H,12-13H2,(H,28,32)(H,29,31)(H,30,33). The number of rotatable bonds is 6. The molecule has 3 N–H and O–H groups in total. The van der Waals surface area contributed by atoms with Gasteiger partial charge in [-0.25, -0.2) is 0 Å². The van der Waals surface area contributed by atoms with Gasteiger partial charge in [0.05, 0.1) is 12.1 Å². The van der Waals surface area contributed by atoms with Gasteiger partial charge in [-0.3, -0.25) is 14.4 Å². The van der Waals surface area contributed by atoms with Crippen molar-refractivity contribution in [3.63, 3.8) is 0 Å². The molecule has 180 valence electrons. The van der Waals surface area contributed by atoms with Gasteiger partial charge in [0.25, 0.3) is 11.8 Å². The van der Waals surface area contributed by atoms with Crippen LogP contribution < -0.4 is 25.4 Å². The molecule has 0 bridgehead atoms. The molecule has 0 radical (unpaired) electrons. The van der Waals surface area contributed by atoms with Crippen molar-refractivity contribution < 1.29 is 37.0 Å². The van der Waals surface area contributed by atoms with E-state index in [-0.39, 0.29) is 35.8 Å². The van der Waals surface area contributed by atoms with E-state index in [9.17, 15) is 27.6 Å². The van der Waals surface area contributed by atoms with Crippen molar-refractivity contribution in [2.24, 2.45) is 0 Å².